The quantitative estimate of drug-likeness (QED) is 0.801. The van der Waals surface area contributed by atoms with Crippen molar-refractivity contribution in [2.24, 2.45) is 17.3 Å². The van der Waals surface area contributed by atoms with E-state index in [1.165, 1.54) is 4.90 Å². The van der Waals surface area contributed by atoms with E-state index in [1.54, 1.807) is 0 Å². The summed E-state index contributed by atoms with van der Waals surface area (Å²) in [5.74, 6) is -1.15. The van der Waals surface area contributed by atoms with Crippen molar-refractivity contribution in [1.82, 2.24) is 10.2 Å². The number of halogens is 3. The van der Waals surface area contributed by atoms with Crippen LogP contribution in [0, 0.1) is 17.3 Å². The zero-order chi connectivity index (χ0) is 15.3. The average molecular weight is 304 g/mol. The molecule has 4 nitrogen and oxygen atoms in total. The van der Waals surface area contributed by atoms with Crippen molar-refractivity contribution in [3.05, 3.63) is 0 Å². The molecule has 0 aromatic carbocycles. The van der Waals surface area contributed by atoms with E-state index in [0.29, 0.717) is 19.3 Å². The Hall–Kier alpha value is -1.27. The van der Waals surface area contributed by atoms with Gasteiger partial charge in [0.05, 0.1) is 11.3 Å². The van der Waals surface area contributed by atoms with Crippen molar-refractivity contribution < 1.29 is 22.8 Å². The molecule has 1 N–H and O–H groups in total. The van der Waals surface area contributed by atoms with Crippen LogP contribution in [-0.2, 0) is 9.59 Å². The summed E-state index contributed by atoms with van der Waals surface area (Å²) >= 11 is 0. The Kier molecular flexibility index (Phi) is 3.41. The highest BCUT2D eigenvalue weighted by atomic mass is 19.4. The van der Waals surface area contributed by atoms with E-state index in [9.17, 15) is 22.8 Å². The van der Waals surface area contributed by atoms with Gasteiger partial charge in [0.2, 0.25) is 11.8 Å². The van der Waals surface area contributed by atoms with Gasteiger partial charge in [0, 0.05) is 26.1 Å². The molecule has 3 fully saturated rings. The minimum atomic E-state index is -4.25. The molecule has 1 unspecified atom stereocenters. The number of carbonyl (C=O) groups excluding carboxylic acids is 2. The molecule has 7 heteroatoms. The Morgan fingerprint density at radius 3 is 2.67 bits per heavy atom. The van der Waals surface area contributed by atoms with Crippen molar-refractivity contribution in [1.29, 1.82) is 0 Å². The van der Waals surface area contributed by atoms with E-state index >= 15 is 0 Å². The molecule has 0 aromatic rings. The second-order valence-corrected chi connectivity index (χ2v) is 6.50. The van der Waals surface area contributed by atoms with Crippen LogP contribution in [0.4, 0.5) is 13.2 Å². The zero-order valence-corrected chi connectivity index (χ0v) is 11.7. The lowest BCUT2D eigenvalue weighted by Gasteiger charge is -2.32. The second-order valence-electron chi connectivity index (χ2n) is 6.50. The number of rotatable bonds is 1. The highest BCUT2D eigenvalue weighted by Gasteiger charge is 2.65. The molecule has 0 aromatic heterocycles. The minimum absolute atomic E-state index is 0.0934. The summed E-state index contributed by atoms with van der Waals surface area (Å²) in [6.07, 6.45) is -2.27. The van der Waals surface area contributed by atoms with Crippen LogP contribution >= 0.6 is 0 Å². The third kappa shape index (κ3) is 2.30. The lowest BCUT2D eigenvalue weighted by Crippen LogP contribution is -2.46. The molecule has 0 radical (unpaired) electrons. The molecule has 2 aliphatic heterocycles. The smallest absolute Gasteiger partial charge is 0.355 e. The molecule has 1 aliphatic carbocycles. The van der Waals surface area contributed by atoms with Gasteiger partial charge in [0.25, 0.3) is 0 Å². The Bertz CT molecular complexity index is 456. The number of hydrogen-bond donors (Lipinski definition) is 1. The number of amides is 2. The first-order valence-electron chi connectivity index (χ1n) is 7.46. The summed E-state index contributed by atoms with van der Waals surface area (Å²) in [6, 6.07) is 0. The van der Waals surface area contributed by atoms with Gasteiger partial charge in [-0.25, -0.2) is 0 Å². The van der Waals surface area contributed by atoms with Gasteiger partial charge in [0.1, 0.15) is 0 Å². The number of likely N-dealkylation sites (tertiary alicyclic amines) is 1. The normalized spacial score (nSPS) is 36.5. The summed E-state index contributed by atoms with van der Waals surface area (Å²) in [6.45, 7) is 0.255. The first-order valence-corrected chi connectivity index (χ1v) is 7.46. The highest BCUT2D eigenvalue weighted by Crippen LogP contribution is 2.57. The van der Waals surface area contributed by atoms with Crippen LogP contribution in [0.25, 0.3) is 0 Å². The Labute approximate surface area is 121 Å². The van der Waals surface area contributed by atoms with E-state index in [1.807, 2.05) is 0 Å². The molecule has 2 amide bonds. The molecule has 0 spiro atoms. The van der Waals surface area contributed by atoms with Crippen molar-refractivity contribution in [3.63, 3.8) is 0 Å². The summed E-state index contributed by atoms with van der Waals surface area (Å²) in [7, 11) is 0. The number of hydrogen-bond acceptors (Lipinski definition) is 2. The molecule has 3 atom stereocenters. The third-order valence-electron chi connectivity index (χ3n) is 5.36. The van der Waals surface area contributed by atoms with Gasteiger partial charge in [0.15, 0.2) is 0 Å². The van der Waals surface area contributed by atoms with Crippen LogP contribution in [0.15, 0.2) is 0 Å². The molecule has 2 heterocycles. The molecule has 0 bridgehead atoms. The summed E-state index contributed by atoms with van der Waals surface area (Å²) < 4.78 is 40.3. The molecular formula is C14H19F3N2O2. The molecule has 1 saturated carbocycles. The van der Waals surface area contributed by atoms with Gasteiger partial charge in [-0.2, -0.15) is 13.2 Å². The summed E-state index contributed by atoms with van der Waals surface area (Å²) in [5, 5.41) is 2.62. The van der Waals surface area contributed by atoms with Gasteiger partial charge in [-0.05, 0) is 25.2 Å². The Balaban J connectivity index is 1.71. The summed E-state index contributed by atoms with van der Waals surface area (Å²) in [5.41, 5.74) is -1.69. The lowest BCUT2D eigenvalue weighted by atomic mass is 9.80. The van der Waals surface area contributed by atoms with Crippen LogP contribution in [0.2, 0.25) is 0 Å². The van der Waals surface area contributed by atoms with E-state index in [2.05, 4.69) is 5.32 Å². The Morgan fingerprint density at radius 1 is 1.33 bits per heavy atom. The molecule has 3 rings (SSSR count). The topological polar surface area (TPSA) is 49.4 Å². The van der Waals surface area contributed by atoms with Crippen molar-refractivity contribution in [2.75, 3.05) is 19.6 Å². The highest BCUT2D eigenvalue weighted by molar-refractivity contribution is 5.84. The van der Waals surface area contributed by atoms with Crippen LogP contribution in [0.5, 0.6) is 0 Å². The first-order chi connectivity index (χ1) is 9.83. The van der Waals surface area contributed by atoms with Crippen LogP contribution in [0.3, 0.4) is 0 Å². The maximum atomic E-state index is 13.4. The van der Waals surface area contributed by atoms with Gasteiger partial charge in [-0.1, -0.05) is 6.42 Å². The number of carbonyl (C=O) groups is 2. The number of nitrogens with one attached hydrogen (secondary N) is 1. The maximum Gasteiger partial charge on any atom is 0.396 e. The first kappa shape index (κ1) is 14.7. The minimum Gasteiger partial charge on any atom is -0.355 e. The van der Waals surface area contributed by atoms with E-state index in [-0.39, 0.29) is 50.2 Å². The van der Waals surface area contributed by atoms with E-state index < -0.39 is 17.5 Å². The lowest BCUT2D eigenvalue weighted by molar-refractivity contribution is -0.226. The number of nitrogens with zero attached hydrogens (tertiary/aromatic N) is 1. The van der Waals surface area contributed by atoms with Gasteiger partial charge >= 0.3 is 6.18 Å². The van der Waals surface area contributed by atoms with Gasteiger partial charge in [-0.15, -0.1) is 0 Å². The molecule has 21 heavy (non-hydrogen) atoms. The van der Waals surface area contributed by atoms with Crippen molar-refractivity contribution >= 4 is 11.8 Å². The fraction of sp³-hybridized carbons (Fsp3) is 0.857. The molecule has 3 aliphatic rings. The zero-order valence-electron chi connectivity index (χ0n) is 11.7. The predicted octanol–water partition coefficient (Wildman–Crippen LogP) is 1.70. The second kappa shape index (κ2) is 4.88. The number of piperidine rings is 1. The average Bonchev–Trinajstić information content (AvgIpc) is 2.95. The van der Waals surface area contributed by atoms with Crippen molar-refractivity contribution in [2.45, 2.75) is 38.3 Å². The molecule has 118 valence electrons. The van der Waals surface area contributed by atoms with Gasteiger partial charge in [-0.3, -0.25) is 9.59 Å². The standard InChI is InChI=1S/C14H19F3N2O2/c15-14(16,17)13-5-1-2-10(13)7-19(8-13)12(21)9-3-4-11(20)18-6-9/h9-10H,1-8H2,(H,18,20)/t9?,10-,13-/m0/s1. The fourth-order valence-corrected chi connectivity index (χ4v) is 4.12. The molecular weight excluding hydrogens is 285 g/mol. The van der Waals surface area contributed by atoms with E-state index in [4.69, 9.17) is 0 Å². The predicted molar refractivity (Wildman–Crippen MR) is 68.1 cm³/mol. The number of alkyl halides is 3. The van der Waals surface area contributed by atoms with Crippen LogP contribution < -0.4 is 5.32 Å². The summed E-state index contributed by atoms with van der Waals surface area (Å²) in [4.78, 5) is 24.9. The Morgan fingerprint density at radius 2 is 2.10 bits per heavy atom. The SMILES string of the molecule is O=C1CCC(C(=O)N2C[C@@H]3CCC[C@]3(C(F)(F)F)C2)CN1. The number of fused-ring (bicyclic) bond motifs is 1. The fourth-order valence-electron chi connectivity index (χ4n) is 4.12. The maximum absolute atomic E-state index is 13.4. The molecule has 2 saturated heterocycles. The van der Waals surface area contributed by atoms with Crippen LogP contribution in [0.1, 0.15) is 32.1 Å². The monoisotopic (exact) mass is 304 g/mol. The van der Waals surface area contributed by atoms with Gasteiger partial charge < -0.3 is 10.2 Å². The van der Waals surface area contributed by atoms with Crippen molar-refractivity contribution in [3.8, 4) is 0 Å². The third-order valence-corrected chi connectivity index (χ3v) is 5.36. The largest absolute Gasteiger partial charge is 0.396 e. The van der Waals surface area contributed by atoms with Crippen LogP contribution in [-0.4, -0.2) is 42.5 Å². The van der Waals surface area contributed by atoms with E-state index in [0.717, 1.165) is 0 Å².